The van der Waals surface area contributed by atoms with Crippen LogP contribution >= 0.6 is 11.3 Å². The van der Waals surface area contributed by atoms with Crippen molar-refractivity contribution in [1.82, 2.24) is 25.3 Å². The van der Waals surface area contributed by atoms with Crippen LogP contribution in [0.15, 0.2) is 35.4 Å². The lowest BCUT2D eigenvalue weighted by molar-refractivity contribution is 0.0949. The largest absolute Gasteiger partial charge is 0.347 e. The summed E-state index contributed by atoms with van der Waals surface area (Å²) in [5, 5.41) is 3.83. The quantitative estimate of drug-likeness (QED) is 0.695. The van der Waals surface area contributed by atoms with E-state index in [1.54, 1.807) is 35.7 Å². The molecule has 0 unspecified atom stereocenters. The van der Waals surface area contributed by atoms with Crippen LogP contribution in [0.2, 0.25) is 0 Å². The van der Waals surface area contributed by atoms with Crippen molar-refractivity contribution >= 4 is 17.2 Å². The molecular formula is C18H19N5O2S. The summed E-state index contributed by atoms with van der Waals surface area (Å²) < 4.78 is 0. The van der Waals surface area contributed by atoms with Crippen molar-refractivity contribution in [3.05, 3.63) is 62.1 Å². The van der Waals surface area contributed by atoms with Gasteiger partial charge in [-0.15, -0.1) is 11.3 Å². The van der Waals surface area contributed by atoms with Gasteiger partial charge in [0.05, 0.1) is 17.2 Å². The molecule has 0 aliphatic carbocycles. The van der Waals surface area contributed by atoms with Crippen LogP contribution in [0.25, 0.3) is 11.5 Å². The van der Waals surface area contributed by atoms with Crippen molar-refractivity contribution in [2.75, 3.05) is 0 Å². The first-order valence-electron chi connectivity index (χ1n) is 8.32. The molecule has 1 amide bonds. The van der Waals surface area contributed by atoms with Crippen LogP contribution in [-0.4, -0.2) is 25.8 Å². The predicted molar refractivity (Wildman–Crippen MR) is 100 cm³/mol. The van der Waals surface area contributed by atoms with E-state index in [0.29, 0.717) is 18.1 Å². The van der Waals surface area contributed by atoms with Gasteiger partial charge in [0.15, 0.2) is 5.82 Å². The second-order valence-corrected chi connectivity index (χ2v) is 6.91. The zero-order valence-corrected chi connectivity index (χ0v) is 15.4. The van der Waals surface area contributed by atoms with Crippen LogP contribution in [0, 0.1) is 6.92 Å². The monoisotopic (exact) mass is 369 g/mol. The minimum Gasteiger partial charge on any atom is -0.347 e. The van der Waals surface area contributed by atoms with Gasteiger partial charge >= 0.3 is 0 Å². The Morgan fingerprint density at radius 1 is 1.31 bits per heavy atom. The Labute approximate surface area is 154 Å². The average Bonchev–Trinajstić information content (AvgIpc) is 3.00. The van der Waals surface area contributed by atoms with Crippen LogP contribution in [0.1, 0.15) is 39.3 Å². The number of carbonyl (C=O) groups is 1. The third-order valence-corrected chi connectivity index (χ3v) is 4.98. The first-order chi connectivity index (χ1) is 12.6. The molecule has 3 heterocycles. The summed E-state index contributed by atoms with van der Waals surface area (Å²) in [4.78, 5) is 40.9. The lowest BCUT2D eigenvalue weighted by atomic mass is 10.3. The maximum absolute atomic E-state index is 12.3. The molecule has 3 aromatic rings. The molecule has 0 fully saturated rings. The van der Waals surface area contributed by atoms with E-state index in [1.165, 1.54) is 6.20 Å². The number of aromatic amines is 1. The zero-order valence-electron chi connectivity index (χ0n) is 14.6. The highest BCUT2D eigenvalue weighted by molar-refractivity contribution is 7.11. The number of nitrogens with zero attached hydrogens (tertiary/aromatic N) is 3. The van der Waals surface area contributed by atoms with E-state index in [2.05, 4.69) is 32.2 Å². The molecule has 26 heavy (non-hydrogen) atoms. The Balaban J connectivity index is 1.71. The van der Waals surface area contributed by atoms with E-state index in [1.807, 2.05) is 6.92 Å². The second-order valence-electron chi connectivity index (χ2n) is 5.74. The normalized spacial score (nSPS) is 10.7. The maximum Gasteiger partial charge on any atom is 0.264 e. The highest BCUT2D eigenvalue weighted by Gasteiger charge is 2.14. The lowest BCUT2D eigenvalue weighted by Crippen LogP contribution is -2.29. The summed E-state index contributed by atoms with van der Waals surface area (Å²) in [7, 11) is 0. The molecule has 0 aliphatic heterocycles. The Kier molecular flexibility index (Phi) is 5.52. The summed E-state index contributed by atoms with van der Waals surface area (Å²) in [6, 6.07) is 5.31. The molecule has 0 atom stereocenters. The lowest BCUT2D eigenvalue weighted by Gasteiger charge is -2.05. The van der Waals surface area contributed by atoms with Gasteiger partial charge < -0.3 is 10.3 Å². The van der Waals surface area contributed by atoms with Crippen LogP contribution < -0.4 is 10.9 Å². The van der Waals surface area contributed by atoms with Crippen LogP contribution in [0.3, 0.4) is 0 Å². The van der Waals surface area contributed by atoms with Gasteiger partial charge in [0.1, 0.15) is 11.3 Å². The van der Waals surface area contributed by atoms with Gasteiger partial charge in [-0.25, -0.2) is 9.97 Å². The number of rotatable bonds is 6. The SMILES string of the molecule is CCCc1nc(C)c(CNC(=O)c2cnc(-c3ccccn3)[nH]c2=O)s1. The Bertz CT molecular complexity index is 965. The van der Waals surface area contributed by atoms with E-state index >= 15 is 0 Å². The number of hydrogen-bond acceptors (Lipinski definition) is 6. The summed E-state index contributed by atoms with van der Waals surface area (Å²) in [5.41, 5.74) is 0.933. The zero-order chi connectivity index (χ0) is 18.5. The molecule has 7 nitrogen and oxygen atoms in total. The average molecular weight is 369 g/mol. The molecule has 0 bridgehead atoms. The van der Waals surface area contributed by atoms with E-state index in [0.717, 1.165) is 28.4 Å². The highest BCUT2D eigenvalue weighted by Crippen LogP contribution is 2.19. The number of hydrogen-bond donors (Lipinski definition) is 2. The summed E-state index contributed by atoms with van der Waals surface area (Å²) in [6.07, 6.45) is 4.85. The fraction of sp³-hybridized carbons (Fsp3) is 0.278. The first-order valence-corrected chi connectivity index (χ1v) is 9.14. The van der Waals surface area contributed by atoms with E-state index < -0.39 is 11.5 Å². The Morgan fingerprint density at radius 2 is 2.15 bits per heavy atom. The minimum absolute atomic E-state index is 0.0272. The molecule has 3 aromatic heterocycles. The van der Waals surface area contributed by atoms with Crippen LogP contribution in [0.5, 0.6) is 0 Å². The van der Waals surface area contributed by atoms with E-state index in [9.17, 15) is 9.59 Å². The van der Waals surface area contributed by atoms with Crippen molar-refractivity contribution in [2.24, 2.45) is 0 Å². The van der Waals surface area contributed by atoms with Crippen molar-refractivity contribution in [3.8, 4) is 11.5 Å². The smallest absolute Gasteiger partial charge is 0.264 e. The van der Waals surface area contributed by atoms with E-state index in [-0.39, 0.29) is 5.56 Å². The molecule has 0 spiro atoms. The van der Waals surface area contributed by atoms with Gasteiger partial charge in [0, 0.05) is 17.3 Å². The van der Waals surface area contributed by atoms with Crippen molar-refractivity contribution in [1.29, 1.82) is 0 Å². The van der Waals surface area contributed by atoms with Gasteiger partial charge in [-0.2, -0.15) is 0 Å². The Hall–Kier alpha value is -2.87. The number of H-pyrrole nitrogens is 1. The summed E-state index contributed by atoms with van der Waals surface area (Å²) in [5.74, 6) is -0.133. The standard InChI is InChI=1S/C18H19N5O2S/c1-3-6-15-22-11(2)14(26-15)10-21-17(24)12-9-20-16(23-18(12)25)13-7-4-5-8-19-13/h4-5,7-9H,3,6,10H2,1-2H3,(H,21,24)(H,20,23,25). The molecule has 0 aliphatic rings. The molecule has 0 aromatic carbocycles. The number of amides is 1. The fourth-order valence-electron chi connectivity index (χ4n) is 2.42. The molecule has 2 N–H and O–H groups in total. The molecule has 0 saturated carbocycles. The first kappa shape index (κ1) is 17.9. The molecule has 0 saturated heterocycles. The molecule has 3 rings (SSSR count). The van der Waals surface area contributed by atoms with Crippen LogP contribution in [-0.2, 0) is 13.0 Å². The van der Waals surface area contributed by atoms with Gasteiger partial charge in [-0.05, 0) is 31.9 Å². The number of pyridine rings is 1. The number of aromatic nitrogens is 4. The number of nitrogens with one attached hydrogen (secondary N) is 2. The van der Waals surface area contributed by atoms with Gasteiger partial charge in [0.2, 0.25) is 0 Å². The fourth-order valence-corrected chi connectivity index (χ4v) is 3.53. The predicted octanol–water partition coefficient (Wildman–Crippen LogP) is 2.48. The van der Waals surface area contributed by atoms with Crippen molar-refractivity contribution in [3.63, 3.8) is 0 Å². The minimum atomic E-state index is -0.495. The van der Waals surface area contributed by atoms with Crippen molar-refractivity contribution < 1.29 is 4.79 Å². The van der Waals surface area contributed by atoms with Gasteiger partial charge in [0.25, 0.3) is 11.5 Å². The molecular weight excluding hydrogens is 350 g/mol. The van der Waals surface area contributed by atoms with Crippen molar-refractivity contribution in [2.45, 2.75) is 33.2 Å². The summed E-state index contributed by atoms with van der Waals surface area (Å²) >= 11 is 1.59. The summed E-state index contributed by atoms with van der Waals surface area (Å²) in [6.45, 7) is 4.37. The molecule has 8 heteroatoms. The van der Waals surface area contributed by atoms with Gasteiger partial charge in [-0.1, -0.05) is 13.0 Å². The third-order valence-electron chi connectivity index (χ3n) is 3.76. The third kappa shape index (κ3) is 4.02. The van der Waals surface area contributed by atoms with Gasteiger partial charge in [-0.3, -0.25) is 14.6 Å². The topological polar surface area (TPSA) is 101 Å². The number of thiazole rings is 1. The van der Waals surface area contributed by atoms with Crippen LogP contribution in [0.4, 0.5) is 0 Å². The Morgan fingerprint density at radius 3 is 2.85 bits per heavy atom. The second kappa shape index (κ2) is 8.01. The number of carbonyl (C=O) groups excluding carboxylic acids is 1. The maximum atomic E-state index is 12.3. The van der Waals surface area contributed by atoms with E-state index in [4.69, 9.17) is 0 Å². The highest BCUT2D eigenvalue weighted by atomic mass is 32.1. The molecule has 0 radical (unpaired) electrons. The number of aryl methyl sites for hydroxylation is 2. The molecule has 134 valence electrons.